The smallest absolute Gasteiger partial charge is 0.269 e. The van der Waals surface area contributed by atoms with Gasteiger partial charge in [-0.1, -0.05) is 24.3 Å². The van der Waals surface area contributed by atoms with E-state index in [1.54, 1.807) is 12.1 Å². The van der Waals surface area contributed by atoms with Crippen molar-refractivity contribution in [3.05, 3.63) is 94.0 Å². The number of nitrogens with zero attached hydrogens (tertiary/aromatic N) is 1. The third-order valence-electron chi connectivity index (χ3n) is 4.12. The highest BCUT2D eigenvalue weighted by atomic mass is 16.6. The van der Waals surface area contributed by atoms with Crippen LogP contribution >= 0.6 is 0 Å². The number of para-hydroxylation sites is 1. The van der Waals surface area contributed by atoms with Crippen molar-refractivity contribution in [2.45, 2.75) is 20.1 Å². The standard InChI is InChI=1S/C22H22N2O4/c1-2-27-22-14-18(15-23-19-6-4-3-5-7-19)10-13-21(22)28-16-17-8-11-20(12-9-17)24(25)26/h3-14,23H,2,15-16H2,1H3. The molecule has 3 aromatic rings. The van der Waals surface area contributed by atoms with Gasteiger partial charge in [-0.25, -0.2) is 0 Å². The monoisotopic (exact) mass is 378 g/mol. The fraction of sp³-hybridized carbons (Fsp3) is 0.182. The predicted octanol–water partition coefficient (Wildman–Crippen LogP) is 5.18. The number of nitro benzene ring substituents is 1. The minimum Gasteiger partial charge on any atom is -0.490 e. The summed E-state index contributed by atoms with van der Waals surface area (Å²) < 4.78 is 11.6. The Hall–Kier alpha value is -3.54. The molecular weight excluding hydrogens is 356 g/mol. The van der Waals surface area contributed by atoms with Crippen molar-refractivity contribution < 1.29 is 14.4 Å². The van der Waals surface area contributed by atoms with Gasteiger partial charge in [0.25, 0.3) is 5.69 Å². The quantitative estimate of drug-likeness (QED) is 0.410. The van der Waals surface area contributed by atoms with Gasteiger partial charge in [0.15, 0.2) is 11.5 Å². The first-order valence-corrected chi connectivity index (χ1v) is 9.06. The lowest BCUT2D eigenvalue weighted by Gasteiger charge is -2.14. The number of anilines is 1. The topological polar surface area (TPSA) is 73.6 Å². The van der Waals surface area contributed by atoms with Crippen molar-refractivity contribution in [1.82, 2.24) is 0 Å². The third-order valence-corrected chi connectivity index (χ3v) is 4.12. The van der Waals surface area contributed by atoms with Crippen molar-refractivity contribution in [3.8, 4) is 11.5 Å². The summed E-state index contributed by atoms with van der Waals surface area (Å²) in [6, 6.07) is 22.2. The predicted molar refractivity (Wildman–Crippen MR) is 109 cm³/mol. The van der Waals surface area contributed by atoms with Crippen LogP contribution in [-0.2, 0) is 13.2 Å². The van der Waals surface area contributed by atoms with Crippen LogP contribution in [0.5, 0.6) is 11.5 Å². The van der Waals surface area contributed by atoms with Crippen LogP contribution in [0.1, 0.15) is 18.1 Å². The first kappa shape index (κ1) is 19.2. The number of nitro groups is 1. The average Bonchev–Trinajstić information content (AvgIpc) is 2.73. The molecule has 0 spiro atoms. The Kier molecular flexibility index (Phi) is 6.46. The van der Waals surface area contributed by atoms with Crippen molar-refractivity contribution in [1.29, 1.82) is 0 Å². The molecule has 0 atom stereocenters. The molecule has 0 bridgehead atoms. The molecule has 0 saturated carbocycles. The lowest BCUT2D eigenvalue weighted by atomic mass is 10.2. The minimum atomic E-state index is -0.417. The zero-order chi connectivity index (χ0) is 19.8. The first-order valence-electron chi connectivity index (χ1n) is 9.06. The normalized spacial score (nSPS) is 10.3. The van der Waals surface area contributed by atoms with E-state index in [2.05, 4.69) is 5.32 Å². The van der Waals surface area contributed by atoms with Gasteiger partial charge in [-0.2, -0.15) is 0 Å². The van der Waals surface area contributed by atoms with Crippen LogP contribution in [0.25, 0.3) is 0 Å². The maximum atomic E-state index is 10.7. The Morgan fingerprint density at radius 1 is 0.893 bits per heavy atom. The van der Waals surface area contributed by atoms with Crippen LogP contribution in [0, 0.1) is 10.1 Å². The van der Waals surface area contributed by atoms with Crippen molar-refractivity contribution in [2.24, 2.45) is 0 Å². The molecule has 0 aliphatic carbocycles. The zero-order valence-corrected chi connectivity index (χ0v) is 15.6. The SMILES string of the molecule is CCOc1cc(CNc2ccccc2)ccc1OCc1ccc([N+](=O)[O-])cc1. The van der Waals surface area contributed by atoms with Crippen LogP contribution in [0.15, 0.2) is 72.8 Å². The molecule has 0 aliphatic heterocycles. The summed E-state index contributed by atoms with van der Waals surface area (Å²) in [4.78, 5) is 10.3. The van der Waals surface area contributed by atoms with Crippen molar-refractivity contribution in [3.63, 3.8) is 0 Å². The van der Waals surface area contributed by atoms with Crippen LogP contribution in [0.3, 0.4) is 0 Å². The van der Waals surface area contributed by atoms with Crippen LogP contribution in [0.4, 0.5) is 11.4 Å². The second kappa shape index (κ2) is 9.41. The first-order chi connectivity index (χ1) is 13.7. The highest BCUT2D eigenvalue weighted by Gasteiger charge is 2.09. The highest BCUT2D eigenvalue weighted by molar-refractivity contribution is 5.47. The van der Waals surface area contributed by atoms with Crippen LogP contribution < -0.4 is 14.8 Å². The molecule has 6 nitrogen and oxygen atoms in total. The molecule has 3 rings (SSSR count). The van der Waals surface area contributed by atoms with E-state index in [1.807, 2.05) is 55.5 Å². The Morgan fingerprint density at radius 3 is 2.29 bits per heavy atom. The molecule has 0 aliphatic rings. The molecule has 0 saturated heterocycles. The van der Waals surface area contributed by atoms with E-state index in [9.17, 15) is 10.1 Å². The Morgan fingerprint density at radius 2 is 1.61 bits per heavy atom. The minimum absolute atomic E-state index is 0.0639. The van der Waals surface area contributed by atoms with Crippen molar-refractivity contribution >= 4 is 11.4 Å². The van der Waals surface area contributed by atoms with Crippen LogP contribution in [0.2, 0.25) is 0 Å². The molecule has 0 unspecified atom stereocenters. The molecule has 144 valence electrons. The van der Waals surface area contributed by atoms with Gasteiger partial charge in [0.05, 0.1) is 11.5 Å². The molecule has 3 aromatic carbocycles. The van der Waals surface area contributed by atoms with Crippen molar-refractivity contribution in [2.75, 3.05) is 11.9 Å². The fourth-order valence-corrected chi connectivity index (χ4v) is 2.69. The molecule has 28 heavy (non-hydrogen) atoms. The molecular formula is C22H22N2O4. The van der Waals surface area contributed by atoms with E-state index in [1.165, 1.54) is 12.1 Å². The summed E-state index contributed by atoms with van der Waals surface area (Å²) in [5.41, 5.74) is 3.05. The number of nitrogens with one attached hydrogen (secondary N) is 1. The molecule has 0 fully saturated rings. The van der Waals surface area contributed by atoms with Gasteiger partial charge in [-0.15, -0.1) is 0 Å². The second-order valence-electron chi connectivity index (χ2n) is 6.15. The molecule has 0 amide bonds. The average molecular weight is 378 g/mol. The molecule has 0 heterocycles. The molecule has 6 heteroatoms. The molecule has 0 radical (unpaired) electrons. The number of non-ortho nitro benzene ring substituents is 1. The summed E-state index contributed by atoms with van der Waals surface area (Å²) >= 11 is 0. The third kappa shape index (κ3) is 5.23. The van der Waals surface area contributed by atoms with E-state index in [0.29, 0.717) is 31.3 Å². The van der Waals surface area contributed by atoms with Gasteiger partial charge in [0.1, 0.15) is 6.61 Å². The number of ether oxygens (including phenoxy) is 2. The maximum Gasteiger partial charge on any atom is 0.269 e. The van der Waals surface area contributed by atoms with Gasteiger partial charge in [0.2, 0.25) is 0 Å². The van der Waals surface area contributed by atoms with E-state index in [-0.39, 0.29) is 5.69 Å². The van der Waals surface area contributed by atoms with Gasteiger partial charge in [-0.3, -0.25) is 10.1 Å². The summed E-state index contributed by atoms with van der Waals surface area (Å²) in [5, 5.41) is 14.1. The lowest BCUT2D eigenvalue weighted by molar-refractivity contribution is -0.384. The molecule has 0 aromatic heterocycles. The number of rotatable bonds is 9. The van der Waals surface area contributed by atoms with E-state index < -0.39 is 4.92 Å². The zero-order valence-electron chi connectivity index (χ0n) is 15.6. The summed E-state index contributed by atoms with van der Waals surface area (Å²) in [6.45, 7) is 3.44. The summed E-state index contributed by atoms with van der Waals surface area (Å²) in [7, 11) is 0. The van der Waals surface area contributed by atoms with E-state index in [4.69, 9.17) is 9.47 Å². The van der Waals surface area contributed by atoms with Gasteiger partial charge < -0.3 is 14.8 Å². The Bertz CT molecular complexity index is 912. The summed E-state index contributed by atoms with van der Waals surface area (Å²) in [5.74, 6) is 1.32. The van der Waals surface area contributed by atoms with Crippen LogP contribution in [-0.4, -0.2) is 11.5 Å². The van der Waals surface area contributed by atoms with Gasteiger partial charge in [0, 0.05) is 24.4 Å². The Balaban J connectivity index is 1.65. The van der Waals surface area contributed by atoms with Gasteiger partial charge >= 0.3 is 0 Å². The largest absolute Gasteiger partial charge is 0.490 e. The number of hydrogen-bond acceptors (Lipinski definition) is 5. The second-order valence-corrected chi connectivity index (χ2v) is 6.15. The summed E-state index contributed by atoms with van der Waals surface area (Å²) in [6.07, 6.45) is 0. The molecule has 1 N–H and O–H groups in total. The fourth-order valence-electron chi connectivity index (χ4n) is 2.69. The van der Waals surface area contributed by atoms with E-state index in [0.717, 1.165) is 16.8 Å². The lowest BCUT2D eigenvalue weighted by Crippen LogP contribution is -2.03. The maximum absolute atomic E-state index is 10.7. The number of hydrogen-bond donors (Lipinski definition) is 1. The Labute approximate surface area is 163 Å². The van der Waals surface area contributed by atoms with E-state index >= 15 is 0 Å². The highest BCUT2D eigenvalue weighted by Crippen LogP contribution is 2.30. The van der Waals surface area contributed by atoms with Gasteiger partial charge in [-0.05, 0) is 54.4 Å². The number of benzene rings is 3.